The minimum Gasteiger partial charge on any atom is -0.293 e. The summed E-state index contributed by atoms with van der Waals surface area (Å²) in [5, 5.41) is 0. The maximum atomic E-state index is 13.3. The minimum absolute atomic E-state index is 0.0191. The molecule has 0 aliphatic heterocycles. The molecule has 0 aliphatic rings. The number of carbonyl (C=O) groups excluding carboxylic acids is 1. The van der Waals surface area contributed by atoms with Gasteiger partial charge in [0.15, 0.2) is 5.78 Å². The first-order valence-electron chi connectivity index (χ1n) is 5.71. The number of halogens is 2. The molecule has 0 fully saturated rings. The molecule has 0 radical (unpaired) electrons. The molecule has 0 unspecified atom stereocenters. The summed E-state index contributed by atoms with van der Waals surface area (Å²) in [7, 11) is 0. The van der Waals surface area contributed by atoms with Gasteiger partial charge in [0.25, 0.3) is 0 Å². The van der Waals surface area contributed by atoms with Crippen LogP contribution < -0.4 is 0 Å². The fraction of sp³-hybridized carbons (Fsp3) is 0.462. The quantitative estimate of drug-likeness (QED) is 0.541. The number of hydrogen-bond donors (Lipinski definition) is 0. The average molecular weight is 258 g/mol. The standard InChI is InChI=1S/C13H16F2OS/c1-2-3-4-7-17-9-13(16)11-6-5-10(14)8-12(11)15/h5-6,8H,2-4,7,9H2,1H3. The van der Waals surface area contributed by atoms with Crippen LogP contribution in [0.2, 0.25) is 0 Å². The van der Waals surface area contributed by atoms with Gasteiger partial charge in [0.2, 0.25) is 0 Å². The predicted octanol–water partition coefficient (Wildman–Crippen LogP) is 4.07. The molecule has 0 atom stereocenters. The highest BCUT2D eigenvalue weighted by Gasteiger charge is 2.12. The molecule has 0 aliphatic carbocycles. The monoisotopic (exact) mass is 258 g/mol. The number of hydrogen-bond acceptors (Lipinski definition) is 2. The molecule has 0 heterocycles. The van der Waals surface area contributed by atoms with Crippen LogP contribution in [-0.4, -0.2) is 17.3 Å². The second-order valence-corrected chi connectivity index (χ2v) is 4.91. The van der Waals surface area contributed by atoms with Crippen molar-refractivity contribution < 1.29 is 13.6 Å². The van der Waals surface area contributed by atoms with E-state index in [1.807, 2.05) is 0 Å². The molecular formula is C13H16F2OS. The summed E-state index contributed by atoms with van der Waals surface area (Å²) in [4.78, 5) is 11.6. The van der Waals surface area contributed by atoms with Crippen LogP contribution in [0.15, 0.2) is 18.2 Å². The first-order valence-corrected chi connectivity index (χ1v) is 6.86. The molecule has 17 heavy (non-hydrogen) atoms. The number of carbonyl (C=O) groups is 1. The Kier molecular flexibility index (Phi) is 6.19. The van der Waals surface area contributed by atoms with Crippen molar-refractivity contribution in [1.29, 1.82) is 0 Å². The summed E-state index contributed by atoms with van der Waals surface area (Å²) >= 11 is 1.50. The van der Waals surface area contributed by atoms with Crippen LogP contribution >= 0.6 is 11.8 Å². The third kappa shape index (κ3) is 4.86. The zero-order chi connectivity index (χ0) is 12.7. The Hall–Kier alpha value is -0.900. The number of benzene rings is 1. The molecule has 4 heteroatoms. The van der Waals surface area contributed by atoms with Crippen LogP contribution in [0.3, 0.4) is 0 Å². The third-order valence-corrected chi connectivity index (χ3v) is 3.40. The molecule has 1 aromatic rings. The third-order valence-electron chi connectivity index (χ3n) is 2.36. The van der Waals surface area contributed by atoms with E-state index in [1.165, 1.54) is 17.8 Å². The van der Waals surface area contributed by atoms with Gasteiger partial charge in [-0.1, -0.05) is 19.8 Å². The van der Waals surface area contributed by atoms with Crippen molar-refractivity contribution in [1.82, 2.24) is 0 Å². The molecule has 0 N–H and O–H groups in total. The lowest BCUT2D eigenvalue weighted by atomic mass is 10.1. The summed E-state index contributed by atoms with van der Waals surface area (Å²) in [6.45, 7) is 2.11. The zero-order valence-corrected chi connectivity index (χ0v) is 10.7. The van der Waals surface area contributed by atoms with Gasteiger partial charge in [-0.25, -0.2) is 8.78 Å². The maximum absolute atomic E-state index is 13.3. The summed E-state index contributed by atoms with van der Waals surface area (Å²) in [5.74, 6) is -0.544. The Morgan fingerprint density at radius 1 is 1.29 bits per heavy atom. The van der Waals surface area contributed by atoms with Crippen molar-refractivity contribution in [3.63, 3.8) is 0 Å². The van der Waals surface area contributed by atoms with E-state index in [0.29, 0.717) is 0 Å². The molecule has 0 bridgehead atoms. The first kappa shape index (κ1) is 14.2. The van der Waals surface area contributed by atoms with Crippen molar-refractivity contribution in [2.24, 2.45) is 0 Å². The van der Waals surface area contributed by atoms with E-state index in [9.17, 15) is 13.6 Å². The van der Waals surface area contributed by atoms with Gasteiger partial charge in [0.1, 0.15) is 11.6 Å². The Bertz CT molecular complexity index is 380. The SMILES string of the molecule is CCCCCSCC(=O)c1ccc(F)cc1F. The van der Waals surface area contributed by atoms with Crippen LogP contribution in [0.4, 0.5) is 8.78 Å². The normalized spacial score (nSPS) is 10.5. The van der Waals surface area contributed by atoms with Gasteiger partial charge in [-0.15, -0.1) is 0 Å². The van der Waals surface area contributed by atoms with Crippen LogP contribution in [0.25, 0.3) is 0 Å². The smallest absolute Gasteiger partial charge is 0.175 e. The van der Waals surface area contributed by atoms with Gasteiger partial charge in [-0.3, -0.25) is 4.79 Å². The molecule has 1 rings (SSSR count). The van der Waals surface area contributed by atoms with Crippen molar-refractivity contribution in [2.45, 2.75) is 26.2 Å². The maximum Gasteiger partial charge on any atom is 0.175 e. The van der Waals surface area contributed by atoms with Gasteiger partial charge >= 0.3 is 0 Å². The van der Waals surface area contributed by atoms with E-state index >= 15 is 0 Å². The van der Waals surface area contributed by atoms with E-state index in [2.05, 4.69) is 6.92 Å². The molecular weight excluding hydrogens is 242 g/mol. The summed E-state index contributed by atoms with van der Waals surface area (Å²) < 4.78 is 25.9. The highest BCUT2D eigenvalue weighted by Crippen LogP contribution is 2.14. The Morgan fingerprint density at radius 3 is 2.71 bits per heavy atom. The van der Waals surface area contributed by atoms with Crippen LogP contribution in [-0.2, 0) is 0 Å². The van der Waals surface area contributed by atoms with E-state index < -0.39 is 11.6 Å². The topological polar surface area (TPSA) is 17.1 Å². The van der Waals surface area contributed by atoms with E-state index in [4.69, 9.17) is 0 Å². The van der Waals surface area contributed by atoms with Gasteiger partial charge in [0.05, 0.1) is 11.3 Å². The van der Waals surface area contributed by atoms with Crippen molar-refractivity contribution >= 4 is 17.5 Å². The van der Waals surface area contributed by atoms with Crippen molar-refractivity contribution in [3.8, 4) is 0 Å². The summed E-state index contributed by atoms with van der Waals surface area (Å²) in [6, 6.07) is 3.06. The fourth-order valence-electron chi connectivity index (χ4n) is 1.41. The Morgan fingerprint density at radius 2 is 2.06 bits per heavy atom. The fourth-order valence-corrected chi connectivity index (χ4v) is 2.31. The number of unbranched alkanes of at least 4 members (excludes halogenated alkanes) is 2. The Labute approximate surface area is 105 Å². The lowest BCUT2D eigenvalue weighted by Crippen LogP contribution is -2.06. The molecule has 0 saturated heterocycles. The molecule has 0 saturated carbocycles. The number of thioether (sulfide) groups is 1. The largest absolute Gasteiger partial charge is 0.293 e. The van der Waals surface area contributed by atoms with Crippen LogP contribution in [0, 0.1) is 11.6 Å². The zero-order valence-electron chi connectivity index (χ0n) is 9.84. The second kappa shape index (κ2) is 7.43. The van der Waals surface area contributed by atoms with E-state index in [1.54, 1.807) is 0 Å². The number of rotatable bonds is 7. The van der Waals surface area contributed by atoms with Crippen molar-refractivity contribution in [3.05, 3.63) is 35.4 Å². The molecule has 0 spiro atoms. The van der Waals surface area contributed by atoms with Gasteiger partial charge in [0, 0.05) is 6.07 Å². The first-order chi connectivity index (χ1) is 8.15. The molecule has 1 aromatic carbocycles. The van der Waals surface area contributed by atoms with Gasteiger partial charge in [-0.05, 0) is 24.3 Å². The molecule has 94 valence electrons. The Balaban J connectivity index is 2.42. The van der Waals surface area contributed by atoms with Gasteiger partial charge in [-0.2, -0.15) is 11.8 Å². The predicted molar refractivity (Wildman–Crippen MR) is 67.5 cm³/mol. The number of ketones is 1. The summed E-state index contributed by atoms with van der Waals surface area (Å²) in [6.07, 6.45) is 3.35. The van der Waals surface area contributed by atoms with E-state index in [-0.39, 0.29) is 17.1 Å². The molecule has 0 aromatic heterocycles. The lowest BCUT2D eigenvalue weighted by Gasteiger charge is -2.03. The second-order valence-electron chi connectivity index (χ2n) is 3.81. The lowest BCUT2D eigenvalue weighted by molar-refractivity contribution is 0.101. The average Bonchev–Trinajstić information content (AvgIpc) is 2.28. The van der Waals surface area contributed by atoms with E-state index in [0.717, 1.165) is 37.1 Å². The molecule has 0 amide bonds. The van der Waals surface area contributed by atoms with Crippen molar-refractivity contribution in [2.75, 3.05) is 11.5 Å². The minimum atomic E-state index is -0.774. The summed E-state index contributed by atoms with van der Waals surface area (Å²) in [5.41, 5.74) is -0.0191. The van der Waals surface area contributed by atoms with Crippen LogP contribution in [0.5, 0.6) is 0 Å². The highest BCUT2D eigenvalue weighted by molar-refractivity contribution is 7.99. The number of Topliss-reactive ketones (excluding diaryl/α,β-unsaturated/α-hetero) is 1. The molecule has 1 nitrogen and oxygen atoms in total. The van der Waals surface area contributed by atoms with Crippen LogP contribution in [0.1, 0.15) is 36.5 Å². The van der Waals surface area contributed by atoms with Gasteiger partial charge < -0.3 is 0 Å². The highest BCUT2D eigenvalue weighted by atomic mass is 32.2.